The monoisotopic (exact) mass is 248 g/mol. The summed E-state index contributed by atoms with van der Waals surface area (Å²) in [5.74, 6) is 0.606. The molecule has 1 saturated heterocycles. The van der Waals surface area contributed by atoms with Gasteiger partial charge in [-0.2, -0.15) is 0 Å². The zero-order valence-electron chi connectivity index (χ0n) is 10.4. The SMILES string of the molecule is CCCS(=O)(=O)CCNC1CCN(C)CC1. The van der Waals surface area contributed by atoms with Crippen molar-refractivity contribution in [1.82, 2.24) is 10.2 Å². The molecule has 0 aromatic rings. The summed E-state index contributed by atoms with van der Waals surface area (Å²) in [7, 11) is -0.689. The lowest BCUT2D eigenvalue weighted by Gasteiger charge is -2.29. The zero-order valence-corrected chi connectivity index (χ0v) is 11.2. The molecule has 0 aromatic heterocycles. The Morgan fingerprint density at radius 3 is 2.44 bits per heavy atom. The number of hydrogen-bond acceptors (Lipinski definition) is 4. The number of nitrogens with zero attached hydrogens (tertiary/aromatic N) is 1. The summed E-state index contributed by atoms with van der Waals surface area (Å²) in [6.45, 7) is 4.73. The summed E-state index contributed by atoms with van der Waals surface area (Å²) in [6.07, 6.45) is 2.98. The number of sulfone groups is 1. The summed E-state index contributed by atoms with van der Waals surface area (Å²) in [6, 6.07) is 0.507. The molecule has 1 fully saturated rings. The van der Waals surface area contributed by atoms with Crippen LogP contribution in [0.15, 0.2) is 0 Å². The highest BCUT2D eigenvalue weighted by Gasteiger charge is 2.16. The van der Waals surface area contributed by atoms with Crippen molar-refractivity contribution in [2.24, 2.45) is 0 Å². The van der Waals surface area contributed by atoms with Gasteiger partial charge < -0.3 is 10.2 Å². The van der Waals surface area contributed by atoms with E-state index in [4.69, 9.17) is 0 Å². The lowest BCUT2D eigenvalue weighted by atomic mass is 10.1. The molecule has 0 amide bonds. The van der Waals surface area contributed by atoms with Crippen LogP contribution in [0.4, 0.5) is 0 Å². The number of rotatable bonds is 6. The van der Waals surface area contributed by atoms with E-state index in [1.807, 2.05) is 6.92 Å². The van der Waals surface area contributed by atoms with Crippen molar-refractivity contribution >= 4 is 9.84 Å². The molecule has 0 spiro atoms. The van der Waals surface area contributed by atoms with Gasteiger partial charge >= 0.3 is 0 Å². The van der Waals surface area contributed by atoms with Crippen LogP contribution in [0.2, 0.25) is 0 Å². The fourth-order valence-electron chi connectivity index (χ4n) is 2.04. The van der Waals surface area contributed by atoms with Crippen molar-refractivity contribution < 1.29 is 8.42 Å². The predicted octanol–water partition coefficient (Wildman–Crippen LogP) is 0.495. The number of piperidine rings is 1. The molecule has 0 radical (unpaired) electrons. The second-order valence-corrected chi connectivity index (χ2v) is 6.99. The molecule has 0 aromatic carbocycles. The number of hydrogen-bond donors (Lipinski definition) is 1. The zero-order chi connectivity index (χ0) is 12.0. The third-order valence-electron chi connectivity index (χ3n) is 3.08. The normalized spacial score (nSPS) is 20.1. The van der Waals surface area contributed by atoms with E-state index in [1.54, 1.807) is 0 Å². The molecule has 1 rings (SSSR count). The average molecular weight is 248 g/mol. The van der Waals surface area contributed by atoms with Crippen LogP contribution in [0, 0.1) is 0 Å². The molecule has 4 nitrogen and oxygen atoms in total. The van der Waals surface area contributed by atoms with E-state index in [0.29, 0.717) is 18.3 Å². The molecule has 0 aliphatic carbocycles. The molecule has 96 valence electrons. The van der Waals surface area contributed by atoms with Gasteiger partial charge in [0.05, 0.1) is 5.75 Å². The van der Waals surface area contributed by atoms with E-state index in [1.165, 1.54) is 0 Å². The molecule has 1 N–H and O–H groups in total. The number of nitrogens with one attached hydrogen (secondary N) is 1. The molecule has 1 aliphatic heterocycles. The van der Waals surface area contributed by atoms with Crippen LogP contribution in [0.1, 0.15) is 26.2 Å². The summed E-state index contributed by atoms with van der Waals surface area (Å²) in [5.41, 5.74) is 0. The predicted molar refractivity (Wildman–Crippen MR) is 67.5 cm³/mol. The first-order chi connectivity index (χ1) is 7.53. The van der Waals surface area contributed by atoms with E-state index in [-0.39, 0.29) is 5.75 Å². The Labute approximate surface area is 99.3 Å². The summed E-state index contributed by atoms with van der Waals surface area (Å²) >= 11 is 0. The Kier molecular flexibility index (Phi) is 5.72. The van der Waals surface area contributed by atoms with Crippen LogP contribution in [0.25, 0.3) is 0 Å². The highest BCUT2D eigenvalue weighted by Crippen LogP contribution is 2.07. The van der Waals surface area contributed by atoms with E-state index in [9.17, 15) is 8.42 Å². The second kappa shape index (κ2) is 6.57. The summed E-state index contributed by atoms with van der Waals surface area (Å²) in [5, 5.41) is 3.35. The van der Waals surface area contributed by atoms with E-state index >= 15 is 0 Å². The Balaban J connectivity index is 2.16. The molecule has 1 heterocycles. The fraction of sp³-hybridized carbons (Fsp3) is 1.00. The molecule has 0 atom stereocenters. The van der Waals surface area contributed by atoms with Crippen LogP contribution >= 0.6 is 0 Å². The molecule has 0 bridgehead atoms. The van der Waals surface area contributed by atoms with Gasteiger partial charge in [-0.1, -0.05) is 6.92 Å². The standard InChI is InChI=1S/C11H24N2O2S/c1-3-9-16(14,15)10-6-12-11-4-7-13(2)8-5-11/h11-12H,3-10H2,1-2H3. The van der Waals surface area contributed by atoms with Crippen LogP contribution in [0.5, 0.6) is 0 Å². The Hall–Kier alpha value is -0.130. The smallest absolute Gasteiger partial charge is 0.151 e. The van der Waals surface area contributed by atoms with Gasteiger partial charge in [-0.15, -0.1) is 0 Å². The first-order valence-electron chi connectivity index (χ1n) is 6.16. The Bertz CT molecular complexity index is 282. The third kappa shape index (κ3) is 5.27. The molecule has 0 saturated carbocycles. The highest BCUT2D eigenvalue weighted by molar-refractivity contribution is 7.91. The molecule has 1 aliphatic rings. The van der Waals surface area contributed by atoms with Crippen molar-refractivity contribution in [2.45, 2.75) is 32.2 Å². The molecule has 0 unspecified atom stereocenters. The van der Waals surface area contributed by atoms with Gasteiger partial charge in [-0.3, -0.25) is 0 Å². The maximum Gasteiger partial charge on any atom is 0.151 e. The van der Waals surface area contributed by atoms with Crippen LogP contribution in [-0.2, 0) is 9.84 Å². The summed E-state index contributed by atoms with van der Waals surface area (Å²) < 4.78 is 23.0. The Morgan fingerprint density at radius 2 is 1.88 bits per heavy atom. The van der Waals surface area contributed by atoms with Crippen molar-refractivity contribution in [3.8, 4) is 0 Å². The minimum absolute atomic E-state index is 0.285. The van der Waals surface area contributed by atoms with E-state index in [2.05, 4.69) is 17.3 Å². The lowest BCUT2D eigenvalue weighted by Crippen LogP contribution is -2.42. The molecule has 5 heteroatoms. The first-order valence-corrected chi connectivity index (χ1v) is 7.98. The largest absolute Gasteiger partial charge is 0.313 e. The van der Waals surface area contributed by atoms with Gasteiger partial charge in [0.2, 0.25) is 0 Å². The summed E-state index contributed by atoms with van der Waals surface area (Å²) in [4.78, 5) is 2.31. The van der Waals surface area contributed by atoms with Gasteiger partial charge in [-0.05, 0) is 39.4 Å². The maximum absolute atomic E-state index is 11.5. The first kappa shape index (κ1) is 13.9. The van der Waals surface area contributed by atoms with E-state index in [0.717, 1.165) is 32.4 Å². The maximum atomic E-state index is 11.5. The average Bonchev–Trinajstić information content (AvgIpc) is 2.20. The van der Waals surface area contributed by atoms with Crippen molar-refractivity contribution in [2.75, 3.05) is 38.2 Å². The van der Waals surface area contributed by atoms with Crippen LogP contribution in [-0.4, -0.2) is 57.5 Å². The topological polar surface area (TPSA) is 49.4 Å². The molecular formula is C11H24N2O2S. The second-order valence-electron chi connectivity index (χ2n) is 4.68. The Morgan fingerprint density at radius 1 is 1.25 bits per heavy atom. The lowest BCUT2D eigenvalue weighted by molar-refractivity contribution is 0.236. The molecule has 16 heavy (non-hydrogen) atoms. The highest BCUT2D eigenvalue weighted by atomic mass is 32.2. The van der Waals surface area contributed by atoms with E-state index < -0.39 is 9.84 Å². The quantitative estimate of drug-likeness (QED) is 0.743. The minimum atomic E-state index is -2.82. The third-order valence-corrected chi connectivity index (χ3v) is 4.94. The van der Waals surface area contributed by atoms with Crippen LogP contribution < -0.4 is 5.32 Å². The van der Waals surface area contributed by atoms with Gasteiger partial charge in [0.1, 0.15) is 0 Å². The van der Waals surface area contributed by atoms with Gasteiger partial charge in [-0.25, -0.2) is 8.42 Å². The van der Waals surface area contributed by atoms with Crippen molar-refractivity contribution in [3.63, 3.8) is 0 Å². The van der Waals surface area contributed by atoms with Crippen molar-refractivity contribution in [1.29, 1.82) is 0 Å². The van der Waals surface area contributed by atoms with Crippen LogP contribution in [0.3, 0.4) is 0 Å². The van der Waals surface area contributed by atoms with Gasteiger partial charge in [0, 0.05) is 18.3 Å². The fourth-order valence-corrected chi connectivity index (χ4v) is 3.30. The number of likely N-dealkylation sites (tertiary alicyclic amines) is 1. The minimum Gasteiger partial charge on any atom is -0.313 e. The molecular weight excluding hydrogens is 224 g/mol. The van der Waals surface area contributed by atoms with Crippen molar-refractivity contribution in [3.05, 3.63) is 0 Å². The van der Waals surface area contributed by atoms with Gasteiger partial charge in [0.25, 0.3) is 0 Å². The van der Waals surface area contributed by atoms with Gasteiger partial charge in [0.15, 0.2) is 9.84 Å².